The van der Waals surface area contributed by atoms with Crippen LogP contribution in [0.2, 0.25) is 0 Å². The lowest BCUT2D eigenvalue weighted by Crippen LogP contribution is -2.37. The normalized spacial score (nSPS) is 11.8. The van der Waals surface area contributed by atoms with Gasteiger partial charge in [0.1, 0.15) is 6.54 Å². The Labute approximate surface area is 133 Å². The number of nitrogens with zero attached hydrogens (tertiary/aromatic N) is 4. The summed E-state index contributed by atoms with van der Waals surface area (Å²) in [5.74, 6) is -0.215. The van der Waals surface area contributed by atoms with Crippen LogP contribution in [0.3, 0.4) is 0 Å². The zero-order chi connectivity index (χ0) is 16.8. The molecule has 0 bridgehead atoms. The minimum absolute atomic E-state index is 0.0651. The Hall–Kier alpha value is -2.77. The summed E-state index contributed by atoms with van der Waals surface area (Å²) in [5.41, 5.74) is 1.97. The summed E-state index contributed by atoms with van der Waals surface area (Å²) in [7, 11) is 1.31. The van der Waals surface area contributed by atoms with Crippen molar-refractivity contribution in [2.45, 2.75) is 32.9 Å². The lowest BCUT2D eigenvalue weighted by atomic mass is 10.1. The number of aromatic nitrogens is 4. The molecule has 0 fully saturated rings. The molecule has 1 atom stereocenters. The van der Waals surface area contributed by atoms with Crippen LogP contribution in [0.5, 0.6) is 0 Å². The molecule has 2 rings (SSSR count). The van der Waals surface area contributed by atoms with Gasteiger partial charge in [-0.15, -0.1) is 10.2 Å². The van der Waals surface area contributed by atoms with Crippen molar-refractivity contribution in [2.75, 3.05) is 7.11 Å². The van der Waals surface area contributed by atoms with Gasteiger partial charge in [-0.2, -0.15) is 4.80 Å². The zero-order valence-corrected chi connectivity index (χ0v) is 13.3. The third-order valence-corrected chi connectivity index (χ3v) is 3.16. The van der Waals surface area contributed by atoms with Crippen LogP contribution in [0.25, 0.3) is 11.4 Å². The van der Waals surface area contributed by atoms with Gasteiger partial charge in [0.05, 0.1) is 13.5 Å². The topological polar surface area (TPSA) is 99.0 Å². The molecule has 1 aromatic heterocycles. The predicted octanol–water partition coefficient (Wildman–Crippen LogP) is 0.716. The fourth-order valence-corrected chi connectivity index (χ4v) is 1.96. The largest absolute Gasteiger partial charge is 0.469 e. The highest BCUT2D eigenvalue weighted by Gasteiger charge is 2.14. The van der Waals surface area contributed by atoms with Crippen molar-refractivity contribution >= 4 is 11.9 Å². The number of nitrogens with one attached hydrogen (secondary N) is 1. The molecule has 0 spiro atoms. The molecule has 0 aliphatic heterocycles. The number of carbonyl (C=O) groups is 2. The second kappa shape index (κ2) is 7.48. The average Bonchev–Trinajstić information content (AvgIpc) is 2.95. The second-order valence-corrected chi connectivity index (χ2v) is 5.26. The standard InChI is InChI=1S/C15H19N5O3/c1-10-4-6-12(7-5-10)15-17-19-20(18-15)9-13(21)16-11(2)8-14(22)23-3/h4-7,11H,8-9H2,1-3H3,(H,16,21)/t11-/m0/s1. The van der Waals surface area contributed by atoms with Crippen molar-refractivity contribution in [3.05, 3.63) is 29.8 Å². The highest BCUT2D eigenvalue weighted by Crippen LogP contribution is 2.13. The summed E-state index contributed by atoms with van der Waals surface area (Å²) < 4.78 is 4.55. The number of ether oxygens (including phenoxy) is 1. The van der Waals surface area contributed by atoms with E-state index in [1.807, 2.05) is 31.2 Å². The number of methoxy groups -OCH3 is 1. The highest BCUT2D eigenvalue weighted by molar-refractivity contribution is 5.77. The smallest absolute Gasteiger partial charge is 0.307 e. The maximum Gasteiger partial charge on any atom is 0.307 e. The molecule has 0 unspecified atom stereocenters. The van der Waals surface area contributed by atoms with Gasteiger partial charge in [0, 0.05) is 11.6 Å². The maximum absolute atomic E-state index is 11.9. The average molecular weight is 317 g/mol. The Morgan fingerprint density at radius 3 is 2.65 bits per heavy atom. The second-order valence-electron chi connectivity index (χ2n) is 5.26. The molecule has 8 nitrogen and oxygen atoms in total. The Bertz CT molecular complexity index is 681. The molecule has 122 valence electrons. The molecule has 0 saturated heterocycles. The molecule has 1 heterocycles. The first-order valence-electron chi connectivity index (χ1n) is 7.19. The van der Waals surface area contributed by atoms with Gasteiger partial charge in [0.15, 0.2) is 0 Å². The number of amides is 1. The van der Waals surface area contributed by atoms with Crippen molar-refractivity contribution in [3.8, 4) is 11.4 Å². The minimum Gasteiger partial charge on any atom is -0.469 e. The molecule has 1 amide bonds. The molecule has 0 aliphatic rings. The quantitative estimate of drug-likeness (QED) is 0.788. The van der Waals surface area contributed by atoms with Crippen LogP contribution in [0.15, 0.2) is 24.3 Å². The molecule has 1 aromatic carbocycles. The molecular weight excluding hydrogens is 298 g/mol. The first kappa shape index (κ1) is 16.6. The van der Waals surface area contributed by atoms with Crippen LogP contribution < -0.4 is 5.32 Å². The number of tetrazole rings is 1. The molecule has 2 aromatic rings. The number of aryl methyl sites for hydroxylation is 1. The summed E-state index contributed by atoms with van der Waals surface area (Å²) in [6.07, 6.45) is 0.113. The van der Waals surface area contributed by atoms with Crippen LogP contribution in [0, 0.1) is 6.92 Å². The first-order valence-corrected chi connectivity index (χ1v) is 7.19. The van der Waals surface area contributed by atoms with Gasteiger partial charge in [-0.25, -0.2) is 0 Å². The molecule has 0 saturated carbocycles. The number of hydrogen-bond acceptors (Lipinski definition) is 6. The van der Waals surface area contributed by atoms with E-state index in [9.17, 15) is 9.59 Å². The van der Waals surface area contributed by atoms with Crippen LogP contribution >= 0.6 is 0 Å². The van der Waals surface area contributed by atoms with Gasteiger partial charge in [-0.1, -0.05) is 29.8 Å². The number of hydrogen-bond donors (Lipinski definition) is 1. The van der Waals surface area contributed by atoms with E-state index >= 15 is 0 Å². The monoisotopic (exact) mass is 317 g/mol. The third kappa shape index (κ3) is 4.87. The molecule has 8 heteroatoms. The van der Waals surface area contributed by atoms with Crippen LogP contribution in [-0.2, 0) is 20.9 Å². The predicted molar refractivity (Wildman–Crippen MR) is 82.2 cm³/mol. The van der Waals surface area contributed by atoms with Gasteiger partial charge in [-0.3, -0.25) is 9.59 Å². The fraction of sp³-hybridized carbons (Fsp3) is 0.400. The van der Waals surface area contributed by atoms with Crippen LogP contribution in [-0.4, -0.2) is 45.2 Å². The van der Waals surface area contributed by atoms with E-state index in [-0.39, 0.29) is 30.9 Å². The summed E-state index contributed by atoms with van der Waals surface area (Å²) in [5, 5.41) is 14.7. The van der Waals surface area contributed by atoms with Crippen molar-refractivity contribution in [1.29, 1.82) is 0 Å². The maximum atomic E-state index is 11.9. The van der Waals surface area contributed by atoms with Crippen molar-refractivity contribution in [2.24, 2.45) is 0 Å². The Morgan fingerprint density at radius 2 is 2.00 bits per heavy atom. The van der Waals surface area contributed by atoms with Crippen molar-refractivity contribution in [1.82, 2.24) is 25.5 Å². The summed E-state index contributed by atoms with van der Waals surface area (Å²) in [6.45, 7) is 3.65. The Balaban J connectivity index is 1.92. The van der Waals surface area contributed by atoms with Crippen molar-refractivity contribution < 1.29 is 14.3 Å². The van der Waals surface area contributed by atoms with Crippen LogP contribution in [0.4, 0.5) is 0 Å². The van der Waals surface area contributed by atoms with Gasteiger partial charge >= 0.3 is 5.97 Å². The summed E-state index contributed by atoms with van der Waals surface area (Å²) in [6, 6.07) is 7.38. The minimum atomic E-state index is -0.377. The molecule has 0 radical (unpaired) electrons. The lowest BCUT2D eigenvalue weighted by molar-refractivity contribution is -0.141. The molecule has 1 N–H and O–H groups in total. The van der Waals surface area contributed by atoms with Gasteiger partial charge < -0.3 is 10.1 Å². The number of esters is 1. The van der Waals surface area contributed by atoms with Gasteiger partial charge in [0.2, 0.25) is 11.7 Å². The van der Waals surface area contributed by atoms with Crippen LogP contribution in [0.1, 0.15) is 18.9 Å². The number of carbonyl (C=O) groups excluding carboxylic acids is 2. The van der Waals surface area contributed by atoms with E-state index in [0.29, 0.717) is 5.82 Å². The first-order chi connectivity index (χ1) is 11.0. The van der Waals surface area contributed by atoms with E-state index in [4.69, 9.17) is 0 Å². The van der Waals surface area contributed by atoms with E-state index in [1.54, 1.807) is 6.92 Å². The summed E-state index contributed by atoms with van der Waals surface area (Å²) in [4.78, 5) is 24.2. The van der Waals surface area contributed by atoms with E-state index in [1.165, 1.54) is 11.9 Å². The zero-order valence-electron chi connectivity index (χ0n) is 13.3. The van der Waals surface area contributed by atoms with Gasteiger partial charge in [-0.05, 0) is 19.1 Å². The third-order valence-electron chi connectivity index (χ3n) is 3.16. The van der Waals surface area contributed by atoms with E-state index in [2.05, 4.69) is 25.5 Å². The Kier molecular flexibility index (Phi) is 5.40. The van der Waals surface area contributed by atoms with E-state index in [0.717, 1.165) is 11.1 Å². The molecule has 23 heavy (non-hydrogen) atoms. The SMILES string of the molecule is COC(=O)C[C@H](C)NC(=O)Cn1nnc(-c2ccc(C)cc2)n1. The molecular formula is C15H19N5O3. The summed E-state index contributed by atoms with van der Waals surface area (Å²) >= 11 is 0. The number of rotatable bonds is 6. The van der Waals surface area contributed by atoms with Gasteiger partial charge in [0.25, 0.3) is 0 Å². The number of benzene rings is 1. The fourth-order valence-electron chi connectivity index (χ4n) is 1.96. The van der Waals surface area contributed by atoms with E-state index < -0.39 is 0 Å². The van der Waals surface area contributed by atoms with Crippen molar-refractivity contribution in [3.63, 3.8) is 0 Å². The lowest BCUT2D eigenvalue weighted by Gasteiger charge is -2.11. The molecule has 0 aliphatic carbocycles. The highest BCUT2D eigenvalue weighted by atomic mass is 16.5. The Morgan fingerprint density at radius 1 is 1.30 bits per heavy atom.